The molecule has 0 unspecified atom stereocenters. The van der Waals surface area contributed by atoms with Gasteiger partial charge in [-0.1, -0.05) is 26.0 Å². The Morgan fingerprint density at radius 1 is 1.04 bits per heavy atom. The lowest BCUT2D eigenvalue weighted by Gasteiger charge is -2.08. The number of carbonyl (C=O) groups excluding carboxylic acids is 2. The molecule has 0 aliphatic heterocycles. The molecule has 0 saturated carbocycles. The quantitative estimate of drug-likeness (QED) is 0.644. The van der Waals surface area contributed by atoms with E-state index < -0.39 is 5.97 Å². The van der Waals surface area contributed by atoms with E-state index in [1.807, 2.05) is 13.8 Å². The third-order valence-corrected chi connectivity index (χ3v) is 3.33. The number of amides is 2. The van der Waals surface area contributed by atoms with Crippen molar-refractivity contribution < 1.29 is 19.5 Å². The fraction of sp³-hybridized carbons (Fsp3) is 0.471. The minimum Gasteiger partial charge on any atom is -0.478 e. The van der Waals surface area contributed by atoms with E-state index in [4.69, 9.17) is 5.11 Å². The zero-order chi connectivity index (χ0) is 17.2. The summed E-state index contributed by atoms with van der Waals surface area (Å²) in [5.74, 6) is -0.844. The molecule has 0 aliphatic carbocycles. The molecule has 0 saturated heterocycles. The van der Waals surface area contributed by atoms with Crippen molar-refractivity contribution >= 4 is 17.8 Å². The molecule has 23 heavy (non-hydrogen) atoms. The highest BCUT2D eigenvalue weighted by molar-refractivity contribution is 5.87. The number of hydrogen-bond acceptors (Lipinski definition) is 3. The molecule has 0 atom stereocenters. The number of benzene rings is 1. The molecule has 0 aromatic heterocycles. The van der Waals surface area contributed by atoms with Gasteiger partial charge in [0.05, 0.1) is 12.1 Å². The third-order valence-electron chi connectivity index (χ3n) is 3.33. The van der Waals surface area contributed by atoms with Gasteiger partial charge in [0, 0.05) is 13.0 Å². The number of carboxylic acids is 1. The lowest BCUT2D eigenvalue weighted by atomic mass is 10.1. The maximum atomic E-state index is 11.6. The molecule has 0 radical (unpaired) electrons. The first kappa shape index (κ1) is 18.7. The summed E-state index contributed by atoms with van der Waals surface area (Å²) in [6.07, 6.45) is 1.84. The first-order valence-corrected chi connectivity index (χ1v) is 7.74. The van der Waals surface area contributed by atoms with Gasteiger partial charge in [-0.15, -0.1) is 0 Å². The summed E-state index contributed by atoms with van der Waals surface area (Å²) in [5, 5.41) is 14.1. The maximum absolute atomic E-state index is 11.6. The van der Waals surface area contributed by atoms with Crippen LogP contribution in [0.25, 0.3) is 0 Å². The minimum absolute atomic E-state index is 0.0190. The van der Waals surface area contributed by atoms with E-state index in [0.29, 0.717) is 25.3 Å². The summed E-state index contributed by atoms with van der Waals surface area (Å²) >= 11 is 0. The van der Waals surface area contributed by atoms with Gasteiger partial charge in [0.1, 0.15) is 0 Å². The smallest absolute Gasteiger partial charge is 0.335 e. The minimum atomic E-state index is -0.960. The predicted molar refractivity (Wildman–Crippen MR) is 87.2 cm³/mol. The van der Waals surface area contributed by atoms with Crippen molar-refractivity contribution in [3.8, 4) is 0 Å². The number of hydrogen-bond donors (Lipinski definition) is 3. The Balaban J connectivity index is 2.21. The Labute approximate surface area is 136 Å². The molecular weight excluding hydrogens is 296 g/mol. The number of aromatic carboxylic acids is 1. The Morgan fingerprint density at radius 2 is 1.70 bits per heavy atom. The largest absolute Gasteiger partial charge is 0.478 e. The molecule has 6 heteroatoms. The lowest BCUT2D eigenvalue weighted by Crippen LogP contribution is -2.37. The Kier molecular flexibility index (Phi) is 7.80. The van der Waals surface area contributed by atoms with E-state index in [1.165, 1.54) is 12.1 Å². The van der Waals surface area contributed by atoms with Crippen molar-refractivity contribution in [3.63, 3.8) is 0 Å². The predicted octanol–water partition coefficient (Wildman–Crippen LogP) is 1.60. The first-order chi connectivity index (χ1) is 10.9. The van der Waals surface area contributed by atoms with Crippen molar-refractivity contribution in [2.75, 3.05) is 13.1 Å². The Bertz CT molecular complexity index is 538. The maximum Gasteiger partial charge on any atom is 0.335 e. The molecule has 0 spiro atoms. The molecule has 0 bridgehead atoms. The van der Waals surface area contributed by atoms with Crippen LogP contribution in [0.5, 0.6) is 0 Å². The van der Waals surface area contributed by atoms with Gasteiger partial charge in [0.15, 0.2) is 0 Å². The third kappa shape index (κ3) is 7.99. The van der Waals surface area contributed by atoms with Crippen LogP contribution in [0.2, 0.25) is 0 Å². The second-order valence-electron chi connectivity index (χ2n) is 5.81. The fourth-order valence-corrected chi connectivity index (χ4v) is 1.91. The number of carbonyl (C=O) groups is 3. The van der Waals surface area contributed by atoms with Crippen LogP contribution in [0, 0.1) is 5.92 Å². The zero-order valence-corrected chi connectivity index (χ0v) is 13.6. The highest BCUT2D eigenvalue weighted by atomic mass is 16.4. The number of nitrogens with one attached hydrogen (secondary N) is 2. The zero-order valence-electron chi connectivity index (χ0n) is 13.6. The Hall–Kier alpha value is -2.37. The van der Waals surface area contributed by atoms with Crippen LogP contribution in [0.1, 0.15) is 42.6 Å². The van der Waals surface area contributed by atoms with Crippen LogP contribution in [-0.2, 0) is 16.0 Å². The van der Waals surface area contributed by atoms with Crippen LogP contribution in [0.3, 0.4) is 0 Å². The molecule has 126 valence electrons. The molecular formula is C17H24N2O4. The van der Waals surface area contributed by atoms with Crippen molar-refractivity contribution in [2.24, 2.45) is 5.92 Å². The summed E-state index contributed by atoms with van der Waals surface area (Å²) in [6, 6.07) is 6.52. The molecule has 2 amide bonds. The van der Waals surface area contributed by atoms with Crippen molar-refractivity contribution in [1.29, 1.82) is 0 Å². The van der Waals surface area contributed by atoms with Crippen LogP contribution in [0.15, 0.2) is 24.3 Å². The van der Waals surface area contributed by atoms with Crippen LogP contribution in [-0.4, -0.2) is 36.0 Å². The van der Waals surface area contributed by atoms with Gasteiger partial charge in [0.2, 0.25) is 11.8 Å². The molecule has 1 aromatic carbocycles. The highest BCUT2D eigenvalue weighted by Crippen LogP contribution is 2.05. The van der Waals surface area contributed by atoms with Crippen LogP contribution in [0.4, 0.5) is 0 Å². The second-order valence-corrected chi connectivity index (χ2v) is 5.81. The lowest BCUT2D eigenvalue weighted by molar-refractivity contribution is -0.126. The molecule has 1 rings (SSSR count). The van der Waals surface area contributed by atoms with E-state index in [-0.39, 0.29) is 23.9 Å². The molecule has 6 nitrogen and oxygen atoms in total. The Morgan fingerprint density at radius 3 is 2.26 bits per heavy atom. The highest BCUT2D eigenvalue weighted by Gasteiger charge is 2.06. The first-order valence-electron chi connectivity index (χ1n) is 7.74. The second kappa shape index (κ2) is 9.61. The average Bonchev–Trinajstić information content (AvgIpc) is 2.51. The molecule has 1 aromatic rings. The van der Waals surface area contributed by atoms with Crippen LogP contribution >= 0.6 is 0 Å². The topological polar surface area (TPSA) is 95.5 Å². The van der Waals surface area contributed by atoms with E-state index in [1.54, 1.807) is 12.1 Å². The number of carboxylic acid groups (broad SMARTS) is 1. The standard InChI is InChI=1S/C17H24N2O4/c1-12(2)3-8-15(20)19-11-16(21)18-10-9-13-4-6-14(7-5-13)17(22)23/h4-7,12H,3,8-11H2,1-2H3,(H,18,21)(H,19,20)(H,22,23). The van der Waals surface area contributed by atoms with E-state index in [0.717, 1.165) is 12.0 Å². The van der Waals surface area contributed by atoms with E-state index in [2.05, 4.69) is 10.6 Å². The fourth-order valence-electron chi connectivity index (χ4n) is 1.91. The van der Waals surface area contributed by atoms with E-state index in [9.17, 15) is 14.4 Å². The molecule has 3 N–H and O–H groups in total. The monoisotopic (exact) mass is 320 g/mol. The van der Waals surface area contributed by atoms with Gasteiger partial charge in [0.25, 0.3) is 0 Å². The average molecular weight is 320 g/mol. The normalized spacial score (nSPS) is 10.4. The van der Waals surface area contributed by atoms with Gasteiger partial charge in [-0.05, 0) is 36.5 Å². The molecule has 0 heterocycles. The van der Waals surface area contributed by atoms with Gasteiger partial charge in [-0.2, -0.15) is 0 Å². The van der Waals surface area contributed by atoms with Crippen LogP contribution < -0.4 is 10.6 Å². The SMILES string of the molecule is CC(C)CCC(=O)NCC(=O)NCCc1ccc(C(=O)O)cc1. The summed E-state index contributed by atoms with van der Waals surface area (Å²) < 4.78 is 0. The van der Waals surface area contributed by atoms with E-state index >= 15 is 0 Å². The summed E-state index contributed by atoms with van der Waals surface area (Å²) in [7, 11) is 0. The van der Waals surface area contributed by atoms with Crippen molar-refractivity contribution in [2.45, 2.75) is 33.1 Å². The van der Waals surface area contributed by atoms with Gasteiger partial charge >= 0.3 is 5.97 Å². The van der Waals surface area contributed by atoms with Gasteiger partial charge in [-0.25, -0.2) is 4.79 Å². The van der Waals surface area contributed by atoms with Crippen molar-refractivity contribution in [3.05, 3.63) is 35.4 Å². The molecule has 0 fully saturated rings. The summed E-state index contributed by atoms with van der Waals surface area (Å²) in [4.78, 5) is 33.8. The van der Waals surface area contributed by atoms with Gasteiger partial charge < -0.3 is 15.7 Å². The molecule has 0 aliphatic rings. The summed E-state index contributed by atoms with van der Waals surface area (Å²) in [5.41, 5.74) is 1.18. The van der Waals surface area contributed by atoms with Crippen molar-refractivity contribution in [1.82, 2.24) is 10.6 Å². The number of rotatable bonds is 9. The van der Waals surface area contributed by atoms with Gasteiger partial charge in [-0.3, -0.25) is 9.59 Å². The summed E-state index contributed by atoms with van der Waals surface area (Å²) in [6.45, 7) is 4.51.